The number of nitrogens with zero attached hydrogens (tertiary/aromatic N) is 4. The van der Waals surface area contributed by atoms with Crippen molar-refractivity contribution in [2.75, 3.05) is 18.9 Å². The summed E-state index contributed by atoms with van der Waals surface area (Å²) in [7, 11) is 2.10. The minimum atomic E-state index is 0.319. The van der Waals surface area contributed by atoms with E-state index in [1.807, 2.05) is 6.07 Å². The quantitative estimate of drug-likeness (QED) is 0.881. The molecule has 0 bridgehead atoms. The van der Waals surface area contributed by atoms with E-state index in [2.05, 4.69) is 58.4 Å². The molecule has 2 rings (SSSR count). The summed E-state index contributed by atoms with van der Waals surface area (Å²) in [6.45, 7) is 4.71. The lowest BCUT2D eigenvalue weighted by Gasteiger charge is -2.14. The van der Waals surface area contributed by atoms with Crippen molar-refractivity contribution >= 4 is 5.82 Å². The van der Waals surface area contributed by atoms with Crippen LogP contribution in [0.1, 0.15) is 23.7 Å². The minimum absolute atomic E-state index is 0.319. The Labute approximate surface area is 125 Å². The van der Waals surface area contributed by atoms with E-state index in [4.69, 9.17) is 5.26 Å². The Morgan fingerprint density at radius 2 is 2.00 bits per heavy atom. The lowest BCUT2D eigenvalue weighted by Crippen LogP contribution is -2.16. The van der Waals surface area contributed by atoms with Gasteiger partial charge in [-0.05, 0) is 24.7 Å². The van der Waals surface area contributed by atoms with Crippen molar-refractivity contribution in [1.29, 1.82) is 5.26 Å². The molecule has 0 saturated carbocycles. The molecule has 5 nitrogen and oxygen atoms in total. The largest absolute Gasteiger partial charge is 0.364 e. The molecule has 0 saturated heterocycles. The molecular formula is C16H19N5. The average molecular weight is 281 g/mol. The van der Waals surface area contributed by atoms with E-state index in [1.165, 1.54) is 11.8 Å². The number of anilines is 1. The molecule has 0 aliphatic heterocycles. The number of hydrogen-bond acceptors (Lipinski definition) is 5. The van der Waals surface area contributed by atoms with Crippen LogP contribution in [0.15, 0.2) is 36.7 Å². The highest BCUT2D eigenvalue weighted by Crippen LogP contribution is 2.11. The van der Waals surface area contributed by atoms with Crippen molar-refractivity contribution < 1.29 is 0 Å². The standard InChI is InChI=1S/C16H19N5/c1-3-21(2)12-14-6-4-5-13(9-14)11-20-16-15(10-17)18-7-8-19-16/h4-9H,3,11-12H2,1-2H3,(H,19,20). The van der Waals surface area contributed by atoms with Gasteiger partial charge in [0.1, 0.15) is 6.07 Å². The van der Waals surface area contributed by atoms with Crippen LogP contribution in [-0.4, -0.2) is 28.5 Å². The molecule has 1 heterocycles. The monoisotopic (exact) mass is 281 g/mol. The number of nitriles is 1. The number of benzene rings is 1. The molecule has 0 atom stereocenters. The Kier molecular flexibility index (Phi) is 5.24. The van der Waals surface area contributed by atoms with Crippen molar-refractivity contribution in [3.05, 3.63) is 53.5 Å². The molecule has 0 aliphatic carbocycles. The second-order valence-electron chi connectivity index (χ2n) is 4.87. The molecule has 0 unspecified atom stereocenters. The zero-order valence-electron chi connectivity index (χ0n) is 12.4. The maximum atomic E-state index is 8.99. The van der Waals surface area contributed by atoms with Crippen molar-refractivity contribution in [3.63, 3.8) is 0 Å². The zero-order chi connectivity index (χ0) is 15.1. The van der Waals surface area contributed by atoms with Crippen LogP contribution < -0.4 is 5.32 Å². The van der Waals surface area contributed by atoms with Crippen molar-refractivity contribution in [3.8, 4) is 6.07 Å². The van der Waals surface area contributed by atoms with Gasteiger partial charge in [-0.2, -0.15) is 5.26 Å². The predicted molar refractivity (Wildman–Crippen MR) is 82.5 cm³/mol. The molecule has 21 heavy (non-hydrogen) atoms. The molecule has 1 N–H and O–H groups in total. The normalized spacial score (nSPS) is 10.4. The van der Waals surface area contributed by atoms with Crippen LogP contribution in [-0.2, 0) is 13.1 Å². The predicted octanol–water partition coefficient (Wildman–Crippen LogP) is 2.41. The Balaban J connectivity index is 2.03. The first-order valence-electron chi connectivity index (χ1n) is 6.94. The first kappa shape index (κ1) is 14.9. The van der Waals surface area contributed by atoms with Gasteiger partial charge in [-0.1, -0.05) is 31.2 Å². The van der Waals surface area contributed by atoms with Gasteiger partial charge >= 0.3 is 0 Å². The third-order valence-corrected chi connectivity index (χ3v) is 3.25. The number of nitrogens with one attached hydrogen (secondary N) is 1. The zero-order valence-corrected chi connectivity index (χ0v) is 12.4. The van der Waals surface area contributed by atoms with Gasteiger partial charge in [-0.15, -0.1) is 0 Å². The van der Waals surface area contributed by atoms with Gasteiger partial charge in [0.25, 0.3) is 0 Å². The van der Waals surface area contributed by atoms with Crippen molar-refractivity contribution in [2.45, 2.75) is 20.0 Å². The summed E-state index contributed by atoms with van der Waals surface area (Å²) in [6.07, 6.45) is 3.10. The van der Waals surface area contributed by atoms with Crippen LogP contribution in [0, 0.1) is 11.3 Å². The maximum absolute atomic E-state index is 8.99. The smallest absolute Gasteiger partial charge is 0.182 e. The SMILES string of the molecule is CCN(C)Cc1cccc(CNc2nccnc2C#N)c1. The van der Waals surface area contributed by atoms with Crippen molar-refractivity contribution in [2.24, 2.45) is 0 Å². The molecule has 108 valence electrons. The molecule has 1 aromatic heterocycles. The molecule has 5 heteroatoms. The van der Waals surface area contributed by atoms with Crippen molar-refractivity contribution in [1.82, 2.24) is 14.9 Å². The second-order valence-corrected chi connectivity index (χ2v) is 4.87. The fourth-order valence-corrected chi connectivity index (χ4v) is 2.00. The summed E-state index contributed by atoms with van der Waals surface area (Å²) in [5, 5.41) is 12.2. The maximum Gasteiger partial charge on any atom is 0.182 e. The third kappa shape index (κ3) is 4.26. The van der Waals surface area contributed by atoms with Crippen LogP contribution in [0.4, 0.5) is 5.82 Å². The molecule has 1 aromatic carbocycles. The molecule has 0 spiro atoms. The van der Waals surface area contributed by atoms with E-state index in [9.17, 15) is 0 Å². The lowest BCUT2D eigenvalue weighted by atomic mass is 10.1. The molecule has 2 aromatic rings. The highest BCUT2D eigenvalue weighted by atomic mass is 15.1. The molecular weight excluding hydrogens is 262 g/mol. The molecule has 0 aliphatic rings. The first-order chi connectivity index (χ1) is 10.2. The number of aromatic nitrogens is 2. The van der Waals surface area contributed by atoms with Gasteiger partial charge in [-0.25, -0.2) is 9.97 Å². The van der Waals surface area contributed by atoms with E-state index >= 15 is 0 Å². The highest BCUT2D eigenvalue weighted by molar-refractivity contribution is 5.47. The van der Waals surface area contributed by atoms with Crippen LogP contribution in [0.2, 0.25) is 0 Å². The fourth-order valence-electron chi connectivity index (χ4n) is 2.00. The van der Waals surface area contributed by atoms with E-state index < -0.39 is 0 Å². The first-order valence-corrected chi connectivity index (χ1v) is 6.94. The topological polar surface area (TPSA) is 64.8 Å². The summed E-state index contributed by atoms with van der Waals surface area (Å²) in [5.74, 6) is 0.524. The van der Waals surface area contributed by atoms with Gasteiger partial charge in [0, 0.05) is 25.5 Å². The number of rotatable bonds is 6. The second kappa shape index (κ2) is 7.36. The number of hydrogen-bond donors (Lipinski definition) is 1. The molecule has 0 fully saturated rings. The van der Waals surface area contributed by atoms with Crippen LogP contribution in [0.5, 0.6) is 0 Å². The lowest BCUT2D eigenvalue weighted by molar-refractivity contribution is 0.345. The minimum Gasteiger partial charge on any atom is -0.364 e. The Bertz CT molecular complexity index is 633. The van der Waals surface area contributed by atoms with Gasteiger partial charge in [0.05, 0.1) is 0 Å². The van der Waals surface area contributed by atoms with E-state index in [1.54, 1.807) is 6.20 Å². The fraction of sp³-hybridized carbons (Fsp3) is 0.312. The van der Waals surface area contributed by atoms with Gasteiger partial charge < -0.3 is 10.2 Å². The Morgan fingerprint density at radius 1 is 1.24 bits per heavy atom. The van der Waals surface area contributed by atoms with Gasteiger partial charge in [0.2, 0.25) is 0 Å². The Morgan fingerprint density at radius 3 is 2.76 bits per heavy atom. The van der Waals surface area contributed by atoms with Crippen LogP contribution in [0.25, 0.3) is 0 Å². The Hall–Kier alpha value is -2.45. The van der Waals surface area contributed by atoms with E-state index in [-0.39, 0.29) is 0 Å². The summed E-state index contributed by atoms with van der Waals surface area (Å²) in [4.78, 5) is 10.4. The van der Waals surface area contributed by atoms with E-state index in [0.717, 1.165) is 18.7 Å². The van der Waals surface area contributed by atoms with Gasteiger partial charge in [0.15, 0.2) is 11.5 Å². The summed E-state index contributed by atoms with van der Waals surface area (Å²) < 4.78 is 0. The average Bonchev–Trinajstić information content (AvgIpc) is 2.53. The molecule has 0 amide bonds. The third-order valence-electron chi connectivity index (χ3n) is 3.25. The molecule has 0 radical (unpaired) electrons. The summed E-state index contributed by atoms with van der Waals surface area (Å²) in [6, 6.07) is 10.4. The summed E-state index contributed by atoms with van der Waals surface area (Å²) >= 11 is 0. The highest BCUT2D eigenvalue weighted by Gasteiger charge is 2.04. The van der Waals surface area contributed by atoms with E-state index in [0.29, 0.717) is 18.1 Å². The van der Waals surface area contributed by atoms with Gasteiger partial charge in [-0.3, -0.25) is 0 Å². The van der Waals surface area contributed by atoms with Crippen LogP contribution >= 0.6 is 0 Å². The summed E-state index contributed by atoms with van der Waals surface area (Å²) in [5.41, 5.74) is 2.75. The van der Waals surface area contributed by atoms with Crippen LogP contribution in [0.3, 0.4) is 0 Å².